The van der Waals surface area contributed by atoms with E-state index in [0.29, 0.717) is 0 Å². The number of fused-ring (bicyclic) bond motifs is 21. The van der Waals surface area contributed by atoms with Crippen molar-refractivity contribution in [3.63, 3.8) is 0 Å². The van der Waals surface area contributed by atoms with Crippen LogP contribution in [0.5, 0.6) is 0 Å². The van der Waals surface area contributed by atoms with E-state index in [-0.39, 0.29) is 68.7 Å². The zero-order valence-electron chi connectivity index (χ0n) is 76.8. The molecule has 0 N–H and O–H groups in total. The van der Waals surface area contributed by atoms with Crippen molar-refractivity contribution in [3.8, 4) is 45.3 Å². The largest absolute Gasteiger partial charge is 2.00 e. The third-order valence-corrected chi connectivity index (χ3v) is 27.8. The van der Waals surface area contributed by atoms with Gasteiger partial charge >= 0.3 is 44.8 Å². The summed E-state index contributed by atoms with van der Waals surface area (Å²) in [6.45, 7) is 5.58. The van der Waals surface area contributed by atoms with Crippen molar-refractivity contribution in [1.29, 1.82) is 0 Å². The van der Waals surface area contributed by atoms with Gasteiger partial charge in [-0.3, -0.25) is 9.97 Å². The van der Waals surface area contributed by atoms with E-state index in [2.05, 4.69) is 423 Å². The van der Waals surface area contributed by atoms with Gasteiger partial charge < -0.3 is 29.7 Å². The van der Waals surface area contributed by atoms with Gasteiger partial charge in [-0.05, 0) is 72.8 Å². The van der Waals surface area contributed by atoms with Crippen LogP contribution >= 0.6 is 0 Å². The number of imidazole rings is 4. The molecule has 32 rings (SSSR count). The summed E-state index contributed by atoms with van der Waals surface area (Å²) in [6.07, 6.45) is 25.4. The molecule has 0 saturated heterocycles. The van der Waals surface area contributed by atoms with Crippen molar-refractivity contribution >= 4 is 153 Å². The van der Waals surface area contributed by atoms with Gasteiger partial charge in [-0.1, -0.05) is 182 Å². The van der Waals surface area contributed by atoms with Crippen molar-refractivity contribution in [2.75, 3.05) is 0 Å². The van der Waals surface area contributed by atoms with E-state index in [1.165, 1.54) is 204 Å². The van der Waals surface area contributed by atoms with Crippen LogP contribution in [0.2, 0.25) is 0 Å². The topological polar surface area (TPSA) is 101 Å². The molecule has 26 aromatic rings. The molecule has 0 fully saturated rings. The molecule has 22 heterocycles. The van der Waals surface area contributed by atoms with E-state index < -0.39 is 0 Å². The SMILES string of the molecule is C[n+]1ccc[n+]2c1-c1cc(-c3ccccc3)nn1C2.C[n+]1cccc2c1c1cccc3c1c1n(c(-c4ccccc4)c[n+]21)C3.C[n+]1cccc2c1c1cccc3c1c1n2c(-c2ccccc2)c[n+]1C3.C[n+]1cccc2c1c1cccc3c1c1n2cc[n+]1C3.[CH3-].[CH3-].[CH3-].[CH3-].[Zn+2].[Zn+2].c1cc2c3c(c1)c1ncccc1n1c4ccccc4[n+](c31)C2.c1cnc2c(c1)c1ccc[n+]3c1c1c(cccc21)C3. The molecule has 0 amide bonds. The molecule has 10 aromatic carbocycles. The maximum Gasteiger partial charge on any atom is 2.00 e. The molecular weight excluding hydrogens is 1760 g/mol. The Labute approximate surface area is 805 Å². The van der Waals surface area contributed by atoms with Gasteiger partial charge in [0.15, 0.2) is 71.7 Å². The number of para-hydroxylation sites is 2. The second kappa shape index (κ2) is 33.4. The molecular formula is C115H96N18Zn2+10. The molecule has 0 spiro atoms. The molecule has 18 nitrogen and oxygen atoms in total. The Morgan fingerprint density at radius 1 is 0.311 bits per heavy atom. The van der Waals surface area contributed by atoms with E-state index in [1.54, 1.807) is 0 Å². The summed E-state index contributed by atoms with van der Waals surface area (Å²) in [5, 5.41) is 20.7. The minimum atomic E-state index is 0. The van der Waals surface area contributed by atoms with Gasteiger partial charge in [0.2, 0.25) is 34.4 Å². The van der Waals surface area contributed by atoms with Crippen LogP contribution in [-0.4, -0.2) is 37.5 Å². The second-order valence-corrected chi connectivity index (χ2v) is 34.9. The Hall–Kier alpha value is -15.5. The predicted molar refractivity (Wildman–Crippen MR) is 528 cm³/mol. The number of benzene rings is 10. The van der Waals surface area contributed by atoms with Gasteiger partial charge in [-0.25, -0.2) is 18.3 Å². The normalized spacial score (nSPS) is 12.4. The van der Waals surface area contributed by atoms with E-state index in [1.807, 2.05) is 48.8 Å². The molecule has 0 atom stereocenters. The first-order valence-corrected chi connectivity index (χ1v) is 44.3. The minimum Gasteiger partial charge on any atom is -0.358 e. The maximum absolute atomic E-state index is 4.70. The number of pyridine rings is 10. The fraction of sp³-hybridized carbons (Fsp3) is 0.0870. The van der Waals surface area contributed by atoms with Gasteiger partial charge in [0.05, 0.1) is 65.8 Å². The standard InChI is InChI=1S/2C22H17N3.C19H12N3.C17H11N2.C16H13N3.C15H14N4.4CH3.2Zn/c1-23-12-6-11-18-21(23)17-10-5-9-16-13-24-19(15-7-3-2-4-8-15)14-25(18)22(24)20(16)17;1-23-12-6-11-18-21(23)17-10-5-9-16-13-24-14-19(15-7-3-2-4-8-15)25(18)22(24)20(16)17;1-2-8-15-14(7-1)21-11-12-5-3-6-13-17(12)19(21)22(15)16-9-4-10-20-18(13)16;1-4-11-10-19-9-3-7-13-12-6-2-8-18-16(12)14(5-1)15(11)17(13)19;1-17-7-3-6-13-15(17)12-5-2-4-11-10-18-8-9-19(13)16(18)14(11)12;1-17-8-5-9-18-11-19-14(15(17)18)10-13(16-19)12-6-3-2-4-7-12;;;;;;/h2*2-12,14H,13H2,1H3;1-10H,11H2;1-9H,10H2;2-9H,10H2,1H3;2-10H,11H2,1H3;4*1H3;;/q2*+2;2*+1;2*+2;4*-1;2*+2. The van der Waals surface area contributed by atoms with Gasteiger partial charge in [0.25, 0.3) is 39.1 Å². The number of hydrogen-bond acceptors (Lipinski definition) is 3. The van der Waals surface area contributed by atoms with E-state index >= 15 is 0 Å². The molecule has 6 aliphatic rings. The Kier molecular flexibility index (Phi) is 21.3. The van der Waals surface area contributed by atoms with Crippen LogP contribution in [0, 0.1) is 29.7 Å². The molecule has 0 radical (unpaired) electrons. The molecule has 135 heavy (non-hydrogen) atoms. The summed E-state index contributed by atoms with van der Waals surface area (Å²) in [5.74, 6) is 1.19. The van der Waals surface area contributed by atoms with Gasteiger partial charge in [0, 0.05) is 103 Å². The maximum atomic E-state index is 4.70. The molecule has 0 bridgehead atoms. The molecule has 6 aliphatic heterocycles. The molecule has 0 aliphatic carbocycles. The van der Waals surface area contributed by atoms with Gasteiger partial charge in [0.1, 0.15) is 84.7 Å². The van der Waals surface area contributed by atoms with E-state index in [0.717, 1.165) is 61.7 Å². The van der Waals surface area contributed by atoms with Crippen molar-refractivity contribution < 1.29 is 84.5 Å². The number of rotatable bonds is 3. The van der Waals surface area contributed by atoms with Gasteiger partial charge in [-0.2, -0.15) is 45.7 Å². The first kappa shape index (κ1) is 86.2. The first-order chi connectivity index (χ1) is 63.7. The van der Waals surface area contributed by atoms with Crippen molar-refractivity contribution in [3.05, 3.63) is 423 Å². The summed E-state index contributed by atoms with van der Waals surface area (Å²) >= 11 is 0. The summed E-state index contributed by atoms with van der Waals surface area (Å²) in [5.41, 5.74) is 35.6. The zero-order valence-corrected chi connectivity index (χ0v) is 82.8. The summed E-state index contributed by atoms with van der Waals surface area (Å²) in [7, 11) is 8.46. The number of nitrogens with zero attached hydrogens (tertiary/aromatic N) is 18. The average Bonchev–Trinajstić information content (AvgIpc) is 1.60. The Balaban J connectivity index is 0.0000000966. The van der Waals surface area contributed by atoms with Crippen molar-refractivity contribution in [2.45, 2.75) is 39.4 Å². The monoisotopic (exact) mass is 1860 g/mol. The molecule has 0 unspecified atom stereocenters. The van der Waals surface area contributed by atoms with Crippen LogP contribution in [0.1, 0.15) is 27.8 Å². The summed E-state index contributed by atoms with van der Waals surface area (Å²) in [4.78, 5) is 9.29. The first-order valence-electron chi connectivity index (χ1n) is 44.3. The third-order valence-electron chi connectivity index (χ3n) is 27.8. The third kappa shape index (κ3) is 12.8. The Morgan fingerprint density at radius 3 is 1.53 bits per heavy atom. The van der Waals surface area contributed by atoms with Crippen LogP contribution in [0.15, 0.2) is 366 Å². The van der Waals surface area contributed by atoms with Crippen LogP contribution in [0.3, 0.4) is 0 Å². The smallest absolute Gasteiger partial charge is 0.358 e. The molecule has 640 valence electrons. The molecule has 16 aromatic heterocycles. The molecule has 0 saturated carbocycles. The van der Waals surface area contributed by atoms with Crippen molar-refractivity contribution in [1.82, 2.24) is 37.5 Å². The van der Waals surface area contributed by atoms with Crippen molar-refractivity contribution in [2.24, 2.45) is 28.2 Å². The van der Waals surface area contributed by atoms with Gasteiger partial charge in [-0.15, -0.1) is 9.13 Å². The molecule has 20 heteroatoms. The van der Waals surface area contributed by atoms with Crippen LogP contribution in [0.4, 0.5) is 0 Å². The Morgan fingerprint density at radius 2 is 0.815 bits per heavy atom. The fourth-order valence-corrected chi connectivity index (χ4v) is 22.4. The minimum absolute atomic E-state index is 0. The number of aryl methyl sites for hydroxylation is 4. The summed E-state index contributed by atoms with van der Waals surface area (Å²) < 4.78 is 34.5. The zero-order chi connectivity index (χ0) is 85.1. The Bertz CT molecular complexity index is 9290. The fourth-order valence-electron chi connectivity index (χ4n) is 22.4. The number of aromatic nitrogens is 18. The van der Waals surface area contributed by atoms with E-state index in [9.17, 15) is 0 Å². The van der Waals surface area contributed by atoms with Crippen LogP contribution < -0.4 is 45.5 Å². The average molecular weight is 1860 g/mol. The van der Waals surface area contributed by atoms with E-state index in [4.69, 9.17) is 5.10 Å². The van der Waals surface area contributed by atoms with Crippen LogP contribution in [0.25, 0.3) is 199 Å². The number of hydrogen-bond donors (Lipinski definition) is 0. The van der Waals surface area contributed by atoms with Crippen LogP contribution in [-0.2, 0) is 107 Å². The summed E-state index contributed by atoms with van der Waals surface area (Å²) in [6, 6.07) is 103. The quantitative estimate of drug-likeness (QED) is 0.0762. The second-order valence-electron chi connectivity index (χ2n) is 34.9. The predicted octanol–water partition coefficient (Wildman–Crippen LogP) is 18.1.